The Morgan fingerprint density at radius 2 is 2.09 bits per heavy atom. The number of aromatic nitrogens is 3. The Balaban J connectivity index is 1.60. The van der Waals surface area contributed by atoms with Crippen molar-refractivity contribution >= 4 is 23.4 Å². The SMILES string of the molecule is CC(C)c1nc(S[C@H](C)C(=O)Nc2ccc3c(c2)OCO3)n[nH]1. The number of carbonyl (C=O) groups excluding carboxylic acids is 1. The summed E-state index contributed by atoms with van der Waals surface area (Å²) in [4.78, 5) is 16.7. The number of carbonyl (C=O) groups is 1. The molecule has 1 aromatic heterocycles. The zero-order valence-electron chi connectivity index (χ0n) is 13.1. The molecule has 8 heteroatoms. The van der Waals surface area contributed by atoms with Gasteiger partial charge in [0.2, 0.25) is 17.9 Å². The number of hydrogen-bond donors (Lipinski definition) is 2. The third kappa shape index (κ3) is 3.58. The molecule has 2 heterocycles. The second-order valence-electron chi connectivity index (χ2n) is 5.48. The van der Waals surface area contributed by atoms with Gasteiger partial charge in [-0.05, 0) is 19.1 Å². The second kappa shape index (κ2) is 6.49. The maximum absolute atomic E-state index is 12.3. The van der Waals surface area contributed by atoms with E-state index in [0.717, 1.165) is 5.82 Å². The van der Waals surface area contributed by atoms with Crippen molar-refractivity contribution in [2.24, 2.45) is 0 Å². The smallest absolute Gasteiger partial charge is 0.237 e. The topological polar surface area (TPSA) is 89.1 Å². The molecule has 2 aromatic rings. The van der Waals surface area contributed by atoms with Crippen molar-refractivity contribution in [2.75, 3.05) is 12.1 Å². The summed E-state index contributed by atoms with van der Waals surface area (Å²) in [6.45, 7) is 6.09. The molecular formula is C15H18N4O3S. The summed E-state index contributed by atoms with van der Waals surface area (Å²) in [5, 5.41) is 10.1. The third-order valence-electron chi connectivity index (χ3n) is 3.32. The minimum Gasteiger partial charge on any atom is -0.454 e. The molecule has 23 heavy (non-hydrogen) atoms. The molecule has 7 nitrogen and oxygen atoms in total. The highest BCUT2D eigenvalue weighted by Gasteiger charge is 2.19. The van der Waals surface area contributed by atoms with Gasteiger partial charge in [-0.3, -0.25) is 9.89 Å². The van der Waals surface area contributed by atoms with Gasteiger partial charge < -0.3 is 14.8 Å². The summed E-state index contributed by atoms with van der Waals surface area (Å²) in [5.41, 5.74) is 0.671. The summed E-state index contributed by atoms with van der Waals surface area (Å²) < 4.78 is 10.5. The molecule has 0 saturated carbocycles. The van der Waals surface area contributed by atoms with Gasteiger partial charge in [0.05, 0.1) is 5.25 Å². The molecule has 2 N–H and O–H groups in total. The van der Waals surface area contributed by atoms with Crippen LogP contribution in [0.5, 0.6) is 11.5 Å². The van der Waals surface area contributed by atoms with E-state index in [9.17, 15) is 4.79 Å². The van der Waals surface area contributed by atoms with Crippen LogP contribution in [0.4, 0.5) is 5.69 Å². The number of nitrogens with zero attached hydrogens (tertiary/aromatic N) is 2. The van der Waals surface area contributed by atoms with Gasteiger partial charge in [-0.15, -0.1) is 5.10 Å². The standard InChI is InChI=1S/C15H18N4O3S/c1-8(2)13-17-15(19-18-13)23-9(3)14(20)16-10-4-5-11-12(6-10)22-7-21-11/h4-6,8-9H,7H2,1-3H3,(H,16,20)(H,17,18,19)/t9-/m1/s1. The number of rotatable bonds is 5. The van der Waals surface area contributed by atoms with E-state index in [0.29, 0.717) is 22.3 Å². The number of anilines is 1. The first-order valence-corrected chi connectivity index (χ1v) is 8.20. The Morgan fingerprint density at radius 3 is 2.83 bits per heavy atom. The van der Waals surface area contributed by atoms with Crippen LogP contribution in [-0.2, 0) is 4.79 Å². The number of ether oxygens (including phenoxy) is 2. The number of H-pyrrole nitrogens is 1. The molecule has 1 amide bonds. The average molecular weight is 334 g/mol. The Kier molecular flexibility index (Phi) is 4.42. The van der Waals surface area contributed by atoms with Crippen LogP contribution >= 0.6 is 11.8 Å². The second-order valence-corrected chi connectivity index (χ2v) is 6.78. The highest BCUT2D eigenvalue weighted by atomic mass is 32.2. The molecule has 0 spiro atoms. The number of nitrogens with one attached hydrogen (secondary N) is 2. The first kappa shape index (κ1) is 15.7. The molecule has 1 aliphatic heterocycles. The first-order chi connectivity index (χ1) is 11.0. The van der Waals surface area contributed by atoms with Gasteiger partial charge in [-0.25, -0.2) is 4.98 Å². The quantitative estimate of drug-likeness (QED) is 0.817. The van der Waals surface area contributed by atoms with Crippen molar-refractivity contribution in [3.05, 3.63) is 24.0 Å². The fourth-order valence-corrected chi connectivity index (χ4v) is 2.73. The van der Waals surface area contributed by atoms with E-state index in [2.05, 4.69) is 20.5 Å². The predicted octanol–water partition coefficient (Wildman–Crippen LogP) is 2.78. The summed E-state index contributed by atoms with van der Waals surface area (Å²) in [6, 6.07) is 5.31. The van der Waals surface area contributed by atoms with E-state index >= 15 is 0 Å². The lowest BCUT2D eigenvalue weighted by Crippen LogP contribution is -2.22. The van der Waals surface area contributed by atoms with Crippen LogP contribution in [0.15, 0.2) is 23.4 Å². The Labute approximate surface area is 138 Å². The first-order valence-electron chi connectivity index (χ1n) is 7.32. The van der Waals surface area contributed by atoms with Crippen molar-refractivity contribution < 1.29 is 14.3 Å². The molecule has 1 aliphatic rings. The van der Waals surface area contributed by atoms with Gasteiger partial charge in [0.15, 0.2) is 11.5 Å². The minimum atomic E-state index is -0.323. The number of aromatic amines is 1. The number of hydrogen-bond acceptors (Lipinski definition) is 6. The molecule has 122 valence electrons. The molecule has 3 rings (SSSR count). The molecule has 0 fully saturated rings. The average Bonchev–Trinajstić information content (AvgIpc) is 3.15. The van der Waals surface area contributed by atoms with E-state index in [4.69, 9.17) is 9.47 Å². The van der Waals surface area contributed by atoms with Crippen molar-refractivity contribution in [1.82, 2.24) is 15.2 Å². The zero-order valence-corrected chi connectivity index (χ0v) is 13.9. The van der Waals surface area contributed by atoms with E-state index in [1.807, 2.05) is 20.8 Å². The van der Waals surface area contributed by atoms with Crippen LogP contribution in [0, 0.1) is 0 Å². The lowest BCUT2D eigenvalue weighted by Gasteiger charge is -2.10. The van der Waals surface area contributed by atoms with Crippen molar-refractivity contribution in [2.45, 2.75) is 37.1 Å². The number of thioether (sulfide) groups is 1. The van der Waals surface area contributed by atoms with Crippen molar-refractivity contribution in [3.8, 4) is 11.5 Å². The van der Waals surface area contributed by atoms with Crippen LogP contribution in [0.2, 0.25) is 0 Å². The molecule has 1 aromatic carbocycles. The number of amides is 1. The van der Waals surface area contributed by atoms with Gasteiger partial charge in [0.25, 0.3) is 0 Å². The van der Waals surface area contributed by atoms with Gasteiger partial charge >= 0.3 is 0 Å². The summed E-state index contributed by atoms with van der Waals surface area (Å²) in [5.74, 6) is 2.29. The molecule has 0 radical (unpaired) electrons. The maximum Gasteiger partial charge on any atom is 0.237 e. The van der Waals surface area contributed by atoms with Crippen LogP contribution in [0.25, 0.3) is 0 Å². The van der Waals surface area contributed by atoms with Crippen LogP contribution in [0.1, 0.15) is 32.5 Å². The molecule has 0 unspecified atom stereocenters. The number of fused-ring (bicyclic) bond motifs is 1. The van der Waals surface area contributed by atoms with E-state index in [-0.39, 0.29) is 23.9 Å². The summed E-state index contributed by atoms with van der Waals surface area (Å²) >= 11 is 1.31. The van der Waals surface area contributed by atoms with Crippen LogP contribution in [-0.4, -0.2) is 33.1 Å². The lowest BCUT2D eigenvalue weighted by atomic mass is 10.2. The van der Waals surface area contributed by atoms with E-state index in [1.54, 1.807) is 18.2 Å². The maximum atomic E-state index is 12.3. The fraction of sp³-hybridized carbons (Fsp3) is 0.400. The monoisotopic (exact) mass is 334 g/mol. The Hall–Kier alpha value is -2.22. The van der Waals surface area contributed by atoms with Crippen LogP contribution in [0.3, 0.4) is 0 Å². The van der Waals surface area contributed by atoms with E-state index in [1.165, 1.54) is 11.8 Å². The van der Waals surface area contributed by atoms with E-state index < -0.39 is 0 Å². The molecule has 0 aliphatic carbocycles. The molecule has 1 atom stereocenters. The van der Waals surface area contributed by atoms with Gasteiger partial charge in [-0.1, -0.05) is 25.6 Å². The molecular weight excluding hydrogens is 316 g/mol. The third-order valence-corrected chi connectivity index (χ3v) is 4.28. The van der Waals surface area contributed by atoms with Crippen LogP contribution < -0.4 is 14.8 Å². The summed E-state index contributed by atoms with van der Waals surface area (Å²) in [7, 11) is 0. The molecule has 0 bridgehead atoms. The zero-order chi connectivity index (χ0) is 16.4. The van der Waals surface area contributed by atoms with Gasteiger partial charge in [-0.2, -0.15) is 0 Å². The lowest BCUT2D eigenvalue weighted by molar-refractivity contribution is -0.115. The highest BCUT2D eigenvalue weighted by Crippen LogP contribution is 2.34. The largest absolute Gasteiger partial charge is 0.454 e. The van der Waals surface area contributed by atoms with Crippen molar-refractivity contribution in [1.29, 1.82) is 0 Å². The fourth-order valence-electron chi connectivity index (χ4n) is 2.00. The van der Waals surface area contributed by atoms with Crippen molar-refractivity contribution in [3.63, 3.8) is 0 Å². The normalized spacial score (nSPS) is 14.1. The number of benzene rings is 1. The molecule has 0 saturated heterocycles. The summed E-state index contributed by atoms with van der Waals surface area (Å²) in [6.07, 6.45) is 0. The minimum absolute atomic E-state index is 0.121. The predicted molar refractivity (Wildman–Crippen MR) is 87.0 cm³/mol. The highest BCUT2D eigenvalue weighted by molar-refractivity contribution is 8.00. The Bertz CT molecular complexity index is 716. The van der Waals surface area contributed by atoms with Gasteiger partial charge in [0, 0.05) is 17.7 Å². The van der Waals surface area contributed by atoms with Gasteiger partial charge in [0.1, 0.15) is 5.82 Å². The Morgan fingerprint density at radius 1 is 1.30 bits per heavy atom.